The minimum absolute atomic E-state index is 0.0356. The van der Waals surface area contributed by atoms with Crippen LogP contribution in [0.1, 0.15) is 5.56 Å². The highest BCUT2D eigenvalue weighted by Gasteiger charge is 2.48. The van der Waals surface area contributed by atoms with Gasteiger partial charge in [0.25, 0.3) is 0 Å². The molecule has 11 nitrogen and oxygen atoms in total. The Morgan fingerprint density at radius 3 is 2.84 bits per heavy atom. The van der Waals surface area contributed by atoms with Crippen molar-refractivity contribution in [2.45, 2.75) is 18.6 Å². The minimum Gasteiger partial charge on any atom is -0.465 e. The molecule has 2 aliphatic heterocycles. The van der Waals surface area contributed by atoms with Crippen molar-refractivity contribution in [1.29, 1.82) is 0 Å². The normalized spacial score (nSPS) is 19.0. The fourth-order valence-electron chi connectivity index (χ4n) is 4.15. The highest BCUT2D eigenvalue weighted by molar-refractivity contribution is 5.94. The summed E-state index contributed by atoms with van der Waals surface area (Å²) in [6, 6.07) is 6.07. The van der Waals surface area contributed by atoms with Crippen LogP contribution < -0.4 is 4.90 Å². The Bertz CT molecular complexity index is 1230. The number of pyridine rings is 1. The SMILES string of the molecule is CN(C[C@@H]1OC(=O)N2c3cc(F)c(-c4ccc(-c5nnnn5C)nc4)cc3C[C@@H]12)C(=O)O. The maximum Gasteiger partial charge on any atom is 0.415 e. The second-order valence-corrected chi connectivity index (χ2v) is 7.75. The van der Waals surface area contributed by atoms with Crippen molar-refractivity contribution in [2.24, 2.45) is 7.05 Å². The maximum atomic E-state index is 15.0. The fraction of sp³-hybridized carbons (Fsp3) is 0.300. The number of halogens is 1. The molecule has 2 atom stereocenters. The van der Waals surface area contributed by atoms with E-state index in [0.29, 0.717) is 34.8 Å². The number of cyclic esters (lactones) is 1. The molecule has 2 amide bonds. The largest absolute Gasteiger partial charge is 0.465 e. The molecule has 0 aliphatic carbocycles. The third kappa shape index (κ3) is 3.11. The minimum atomic E-state index is -1.11. The summed E-state index contributed by atoms with van der Waals surface area (Å²) in [6.45, 7) is 0.0356. The second kappa shape index (κ2) is 7.25. The van der Waals surface area contributed by atoms with E-state index in [4.69, 9.17) is 9.84 Å². The zero-order chi connectivity index (χ0) is 22.6. The van der Waals surface area contributed by atoms with Crippen LogP contribution in [-0.2, 0) is 18.2 Å². The lowest BCUT2D eigenvalue weighted by Gasteiger charge is -2.21. The number of likely N-dealkylation sites (N-methyl/N-ethyl adjacent to an activating group) is 1. The number of tetrazole rings is 1. The molecular weight excluding hydrogens is 421 g/mol. The number of nitrogens with zero attached hydrogens (tertiary/aromatic N) is 7. The number of aryl methyl sites for hydroxylation is 1. The summed E-state index contributed by atoms with van der Waals surface area (Å²) in [4.78, 5) is 30.4. The molecule has 2 aliphatic rings. The summed E-state index contributed by atoms with van der Waals surface area (Å²) >= 11 is 0. The summed E-state index contributed by atoms with van der Waals surface area (Å²) in [5.41, 5.74) is 2.70. The Morgan fingerprint density at radius 1 is 1.38 bits per heavy atom. The van der Waals surface area contributed by atoms with Crippen molar-refractivity contribution >= 4 is 17.9 Å². The van der Waals surface area contributed by atoms with Crippen LogP contribution in [0.4, 0.5) is 19.7 Å². The average Bonchev–Trinajstić information content (AvgIpc) is 3.43. The summed E-state index contributed by atoms with van der Waals surface area (Å²) in [6.07, 6.45) is -0.375. The van der Waals surface area contributed by atoms with Gasteiger partial charge < -0.3 is 14.7 Å². The number of hydrogen-bond acceptors (Lipinski definition) is 7. The fourth-order valence-corrected chi connectivity index (χ4v) is 4.15. The van der Waals surface area contributed by atoms with E-state index in [0.717, 1.165) is 10.5 Å². The maximum absolute atomic E-state index is 15.0. The van der Waals surface area contributed by atoms with Crippen LogP contribution in [0.2, 0.25) is 0 Å². The van der Waals surface area contributed by atoms with Gasteiger partial charge in [-0.25, -0.2) is 18.7 Å². The second-order valence-electron chi connectivity index (χ2n) is 7.75. The lowest BCUT2D eigenvalue weighted by molar-refractivity contribution is 0.0961. The quantitative estimate of drug-likeness (QED) is 0.654. The first-order valence-electron chi connectivity index (χ1n) is 9.79. The van der Waals surface area contributed by atoms with Gasteiger partial charge in [0, 0.05) is 31.4 Å². The van der Waals surface area contributed by atoms with Gasteiger partial charge in [0.1, 0.15) is 17.6 Å². The molecule has 0 bridgehead atoms. The molecule has 3 aromatic rings. The Kier molecular flexibility index (Phi) is 4.50. The lowest BCUT2D eigenvalue weighted by Crippen LogP contribution is -2.41. The van der Waals surface area contributed by atoms with E-state index < -0.39 is 30.1 Å². The number of amides is 2. The third-order valence-electron chi connectivity index (χ3n) is 5.77. The van der Waals surface area contributed by atoms with Crippen LogP contribution in [0.5, 0.6) is 0 Å². The number of carbonyl (C=O) groups is 2. The van der Waals surface area contributed by atoms with E-state index in [9.17, 15) is 9.59 Å². The Hall–Kier alpha value is -4.09. The summed E-state index contributed by atoms with van der Waals surface area (Å²) in [5, 5.41) is 20.4. The van der Waals surface area contributed by atoms with Gasteiger partial charge in [-0.05, 0) is 40.6 Å². The number of aromatic nitrogens is 5. The van der Waals surface area contributed by atoms with Gasteiger partial charge in [-0.3, -0.25) is 9.88 Å². The highest BCUT2D eigenvalue weighted by atomic mass is 19.1. The molecule has 1 aromatic carbocycles. The molecule has 12 heteroatoms. The number of anilines is 1. The topological polar surface area (TPSA) is 127 Å². The molecular formula is C20H18FN7O4. The van der Waals surface area contributed by atoms with E-state index in [1.165, 1.54) is 22.7 Å². The van der Waals surface area contributed by atoms with Gasteiger partial charge in [-0.2, -0.15) is 0 Å². The van der Waals surface area contributed by atoms with Crippen molar-refractivity contribution in [3.63, 3.8) is 0 Å². The van der Waals surface area contributed by atoms with Gasteiger partial charge in [0.05, 0.1) is 18.3 Å². The monoisotopic (exact) mass is 439 g/mol. The van der Waals surface area contributed by atoms with Crippen LogP contribution in [0.3, 0.4) is 0 Å². The zero-order valence-electron chi connectivity index (χ0n) is 17.1. The number of rotatable bonds is 4. The average molecular weight is 439 g/mol. The zero-order valence-corrected chi connectivity index (χ0v) is 17.1. The van der Waals surface area contributed by atoms with Gasteiger partial charge >= 0.3 is 12.2 Å². The predicted octanol–water partition coefficient (Wildman–Crippen LogP) is 1.94. The van der Waals surface area contributed by atoms with E-state index in [1.807, 2.05) is 0 Å². The molecule has 0 radical (unpaired) electrons. The number of carboxylic acid groups (broad SMARTS) is 1. The molecule has 0 unspecified atom stereocenters. The standard InChI is InChI=1S/C20H18FN7O4/c1-26(19(29)30)9-17-16-6-11-5-12(13(21)7-15(11)28(16)20(31)32-17)10-3-4-14(22-8-10)18-23-24-25-27(18)2/h3-5,7-8,16-17H,6,9H2,1-2H3,(H,29,30)/t16-,17-/m0/s1. The molecule has 4 heterocycles. The van der Waals surface area contributed by atoms with Crippen LogP contribution in [0.15, 0.2) is 30.5 Å². The van der Waals surface area contributed by atoms with Gasteiger partial charge in [0.15, 0.2) is 5.82 Å². The third-order valence-corrected chi connectivity index (χ3v) is 5.77. The van der Waals surface area contributed by atoms with Crippen molar-refractivity contribution in [3.8, 4) is 22.6 Å². The molecule has 1 fully saturated rings. The number of fused-ring (bicyclic) bond motifs is 3. The number of carbonyl (C=O) groups excluding carboxylic acids is 1. The molecule has 1 N–H and O–H groups in total. The molecule has 5 rings (SSSR count). The van der Waals surface area contributed by atoms with E-state index in [1.54, 1.807) is 31.4 Å². The molecule has 1 saturated heterocycles. The summed E-state index contributed by atoms with van der Waals surface area (Å²) in [7, 11) is 3.11. The van der Waals surface area contributed by atoms with Crippen molar-refractivity contribution in [3.05, 3.63) is 41.8 Å². The van der Waals surface area contributed by atoms with Crippen molar-refractivity contribution in [1.82, 2.24) is 30.1 Å². The summed E-state index contributed by atoms with van der Waals surface area (Å²) in [5.74, 6) is -0.0133. The number of hydrogen-bond donors (Lipinski definition) is 1. The smallest absolute Gasteiger partial charge is 0.415 e. The highest BCUT2D eigenvalue weighted by Crippen LogP contribution is 2.41. The van der Waals surface area contributed by atoms with Gasteiger partial charge in [-0.1, -0.05) is 6.07 Å². The molecule has 0 spiro atoms. The van der Waals surface area contributed by atoms with E-state index in [-0.39, 0.29) is 6.54 Å². The van der Waals surface area contributed by atoms with Crippen LogP contribution in [0, 0.1) is 5.82 Å². The molecule has 164 valence electrons. The first-order chi connectivity index (χ1) is 15.3. The Balaban J connectivity index is 1.44. The lowest BCUT2D eigenvalue weighted by atomic mass is 10.00. The predicted molar refractivity (Wildman–Crippen MR) is 108 cm³/mol. The summed E-state index contributed by atoms with van der Waals surface area (Å²) < 4.78 is 21.9. The first kappa shape index (κ1) is 19.8. The molecule has 0 saturated carbocycles. The van der Waals surface area contributed by atoms with E-state index in [2.05, 4.69) is 20.5 Å². The molecule has 2 aromatic heterocycles. The first-order valence-corrected chi connectivity index (χ1v) is 9.79. The van der Waals surface area contributed by atoms with Gasteiger partial charge in [0.2, 0.25) is 0 Å². The Morgan fingerprint density at radius 2 is 2.19 bits per heavy atom. The van der Waals surface area contributed by atoms with Crippen LogP contribution >= 0.6 is 0 Å². The van der Waals surface area contributed by atoms with Crippen molar-refractivity contribution < 1.29 is 23.8 Å². The number of benzene rings is 1. The molecule has 32 heavy (non-hydrogen) atoms. The van der Waals surface area contributed by atoms with E-state index >= 15 is 4.39 Å². The van der Waals surface area contributed by atoms with Crippen molar-refractivity contribution in [2.75, 3.05) is 18.5 Å². The van der Waals surface area contributed by atoms with Crippen LogP contribution in [-0.4, -0.2) is 73.1 Å². The number of ether oxygens (including phenoxy) is 1. The van der Waals surface area contributed by atoms with Crippen LogP contribution in [0.25, 0.3) is 22.6 Å². The Labute approximate surface area is 181 Å². The van der Waals surface area contributed by atoms with Gasteiger partial charge in [-0.15, -0.1) is 5.10 Å².